The third-order valence-corrected chi connectivity index (χ3v) is 4.66. The first kappa shape index (κ1) is 14.7. The smallest absolute Gasteiger partial charge is 0.119 e. The Bertz CT molecular complexity index is 676. The predicted octanol–water partition coefficient (Wildman–Crippen LogP) is 5.35. The molecule has 1 aliphatic rings. The fourth-order valence-electron chi connectivity index (χ4n) is 2.83. The second-order valence-electron chi connectivity index (χ2n) is 6.42. The minimum atomic E-state index is 0.167. The molecule has 0 saturated heterocycles. The number of hydrogen-bond donors (Lipinski definition) is 0. The molecule has 2 aromatic rings. The molecule has 0 N–H and O–H groups in total. The lowest BCUT2D eigenvalue weighted by Crippen LogP contribution is -2.41. The predicted molar refractivity (Wildman–Crippen MR) is 91.8 cm³/mol. The van der Waals surface area contributed by atoms with Gasteiger partial charge in [0.15, 0.2) is 0 Å². The SMILES string of the molecule is CC1(C)C(=C=Cc2ccccc2)CC1COc1ccccc1. The molecule has 1 heteroatoms. The van der Waals surface area contributed by atoms with Crippen LogP contribution in [-0.2, 0) is 0 Å². The van der Waals surface area contributed by atoms with Crippen LogP contribution in [-0.4, -0.2) is 6.61 Å². The first-order chi connectivity index (χ1) is 10.7. The van der Waals surface area contributed by atoms with Crippen molar-refractivity contribution in [2.24, 2.45) is 11.3 Å². The molecule has 1 unspecified atom stereocenters. The van der Waals surface area contributed by atoms with Crippen LogP contribution in [0.1, 0.15) is 25.8 Å². The molecule has 3 rings (SSSR count). The standard InChI is InChI=1S/C21H22O/c1-21(2)18(14-13-17-9-5-3-6-10-17)15-19(21)16-22-20-11-7-4-8-12-20/h3-13,19H,15-16H2,1-2H3. The Kier molecular flexibility index (Phi) is 4.18. The summed E-state index contributed by atoms with van der Waals surface area (Å²) in [5.41, 5.74) is 6.25. The molecule has 0 heterocycles. The maximum Gasteiger partial charge on any atom is 0.119 e. The van der Waals surface area contributed by atoms with Gasteiger partial charge in [0.2, 0.25) is 0 Å². The van der Waals surface area contributed by atoms with Crippen molar-refractivity contribution in [3.8, 4) is 5.75 Å². The lowest BCUT2D eigenvalue weighted by atomic mass is 9.59. The highest BCUT2D eigenvalue weighted by molar-refractivity contribution is 5.50. The number of allylic oxidation sites excluding steroid dienone is 1. The summed E-state index contributed by atoms with van der Waals surface area (Å²) in [6.07, 6.45) is 3.16. The average Bonchev–Trinajstić information content (AvgIpc) is 2.55. The third-order valence-electron chi connectivity index (χ3n) is 4.66. The van der Waals surface area contributed by atoms with Crippen molar-refractivity contribution in [2.75, 3.05) is 6.61 Å². The van der Waals surface area contributed by atoms with Gasteiger partial charge in [0.1, 0.15) is 5.75 Å². The van der Waals surface area contributed by atoms with E-state index >= 15 is 0 Å². The second-order valence-corrected chi connectivity index (χ2v) is 6.42. The molecule has 1 aliphatic carbocycles. The van der Waals surface area contributed by atoms with Gasteiger partial charge in [0.25, 0.3) is 0 Å². The molecule has 0 aliphatic heterocycles. The third kappa shape index (κ3) is 3.16. The number of benzene rings is 2. The summed E-state index contributed by atoms with van der Waals surface area (Å²) in [5, 5.41) is 0. The Morgan fingerprint density at radius 3 is 2.32 bits per heavy atom. The molecule has 22 heavy (non-hydrogen) atoms. The molecular weight excluding hydrogens is 268 g/mol. The minimum absolute atomic E-state index is 0.167. The maximum absolute atomic E-state index is 5.91. The number of ether oxygens (including phenoxy) is 1. The van der Waals surface area contributed by atoms with E-state index in [1.54, 1.807) is 0 Å². The normalized spacial score (nSPS) is 19.0. The summed E-state index contributed by atoms with van der Waals surface area (Å²) in [7, 11) is 0. The maximum atomic E-state index is 5.91. The van der Waals surface area contributed by atoms with E-state index in [2.05, 4.69) is 49.9 Å². The highest BCUT2D eigenvalue weighted by Gasteiger charge is 2.43. The zero-order chi connectivity index (χ0) is 15.4. The first-order valence-electron chi connectivity index (χ1n) is 7.85. The summed E-state index contributed by atoms with van der Waals surface area (Å²) < 4.78 is 5.91. The molecule has 0 bridgehead atoms. The van der Waals surface area contributed by atoms with Crippen molar-refractivity contribution in [1.82, 2.24) is 0 Å². The van der Waals surface area contributed by atoms with Crippen LogP contribution in [0.4, 0.5) is 0 Å². The van der Waals surface area contributed by atoms with Gasteiger partial charge in [-0.3, -0.25) is 0 Å². The van der Waals surface area contributed by atoms with Crippen LogP contribution >= 0.6 is 0 Å². The van der Waals surface area contributed by atoms with E-state index in [1.807, 2.05) is 36.4 Å². The van der Waals surface area contributed by atoms with Crippen molar-refractivity contribution in [3.05, 3.63) is 77.5 Å². The minimum Gasteiger partial charge on any atom is -0.493 e. The van der Waals surface area contributed by atoms with Crippen molar-refractivity contribution < 1.29 is 4.74 Å². The monoisotopic (exact) mass is 290 g/mol. The molecule has 112 valence electrons. The lowest BCUT2D eigenvalue weighted by molar-refractivity contribution is 0.0975. The fourth-order valence-corrected chi connectivity index (χ4v) is 2.83. The van der Waals surface area contributed by atoms with Crippen molar-refractivity contribution in [2.45, 2.75) is 20.3 Å². The van der Waals surface area contributed by atoms with Crippen molar-refractivity contribution in [3.63, 3.8) is 0 Å². The van der Waals surface area contributed by atoms with Gasteiger partial charge < -0.3 is 4.74 Å². The van der Waals surface area contributed by atoms with E-state index in [4.69, 9.17) is 4.74 Å². The van der Waals surface area contributed by atoms with Crippen LogP contribution < -0.4 is 4.74 Å². The van der Waals surface area contributed by atoms with Crippen LogP contribution in [0.2, 0.25) is 0 Å². The molecule has 1 fully saturated rings. The van der Waals surface area contributed by atoms with Gasteiger partial charge in [-0.1, -0.05) is 62.4 Å². The molecule has 1 nitrogen and oxygen atoms in total. The highest BCUT2D eigenvalue weighted by atomic mass is 16.5. The van der Waals surface area contributed by atoms with Gasteiger partial charge in [-0.2, -0.15) is 0 Å². The molecule has 2 aromatic carbocycles. The van der Waals surface area contributed by atoms with E-state index in [9.17, 15) is 0 Å². The molecule has 0 spiro atoms. The van der Waals surface area contributed by atoms with Gasteiger partial charge in [-0.15, -0.1) is 5.73 Å². The quantitative estimate of drug-likeness (QED) is 0.690. The summed E-state index contributed by atoms with van der Waals surface area (Å²) in [5.74, 6) is 1.51. The zero-order valence-electron chi connectivity index (χ0n) is 13.3. The van der Waals surface area contributed by atoms with Crippen LogP contribution in [0.5, 0.6) is 5.75 Å². The number of hydrogen-bond acceptors (Lipinski definition) is 1. The first-order valence-corrected chi connectivity index (χ1v) is 7.85. The number of para-hydroxylation sites is 1. The van der Waals surface area contributed by atoms with E-state index in [0.717, 1.165) is 18.8 Å². The zero-order valence-corrected chi connectivity index (χ0v) is 13.3. The van der Waals surface area contributed by atoms with Crippen LogP contribution in [0.25, 0.3) is 6.08 Å². The van der Waals surface area contributed by atoms with Gasteiger partial charge in [0, 0.05) is 5.92 Å². The van der Waals surface area contributed by atoms with Crippen LogP contribution in [0, 0.1) is 11.3 Å². The van der Waals surface area contributed by atoms with E-state index < -0.39 is 0 Å². The van der Waals surface area contributed by atoms with Gasteiger partial charge in [-0.05, 0) is 41.2 Å². The van der Waals surface area contributed by atoms with Crippen LogP contribution in [0.3, 0.4) is 0 Å². The summed E-state index contributed by atoms with van der Waals surface area (Å²) >= 11 is 0. The van der Waals surface area contributed by atoms with Crippen LogP contribution in [0.15, 0.2) is 72.0 Å². The Hall–Kier alpha value is -2.24. The van der Waals surface area contributed by atoms with E-state index in [-0.39, 0.29) is 5.41 Å². The molecule has 1 saturated carbocycles. The Labute approximate surface area is 133 Å². The fraction of sp³-hybridized carbons (Fsp3) is 0.286. The lowest BCUT2D eigenvalue weighted by Gasteiger charge is -2.46. The average molecular weight is 290 g/mol. The molecule has 0 amide bonds. The summed E-state index contributed by atoms with van der Waals surface area (Å²) in [6, 6.07) is 20.4. The Balaban J connectivity index is 1.63. The van der Waals surface area contributed by atoms with E-state index in [1.165, 1.54) is 11.1 Å². The topological polar surface area (TPSA) is 9.23 Å². The van der Waals surface area contributed by atoms with Gasteiger partial charge >= 0.3 is 0 Å². The van der Waals surface area contributed by atoms with Gasteiger partial charge in [-0.25, -0.2) is 0 Å². The summed E-state index contributed by atoms with van der Waals surface area (Å²) in [6.45, 7) is 5.35. The van der Waals surface area contributed by atoms with E-state index in [0.29, 0.717) is 5.92 Å². The molecule has 0 aromatic heterocycles. The second kappa shape index (κ2) is 6.25. The molecular formula is C21H22O. The Morgan fingerprint density at radius 2 is 1.68 bits per heavy atom. The van der Waals surface area contributed by atoms with Crippen molar-refractivity contribution >= 4 is 6.08 Å². The van der Waals surface area contributed by atoms with Gasteiger partial charge in [0.05, 0.1) is 6.61 Å². The Morgan fingerprint density at radius 1 is 1.05 bits per heavy atom. The number of rotatable bonds is 4. The molecule has 0 radical (unpaired) electrons. The summed E-state index contributed by atoms with van der Waals surface area (Å²) in [4.78, 5) is 0. The largest absolute Gasteiger partial charge is 0.493 e. The highest BCUT2D eigenvalue weighted by Crippen LogP contribution is 2.50. The van der Waals surface area contributed by atoms with Crippen molar-refractivity contribution in [1.29, 1.82) is 0 Å². The molecule has 1 atom stereocenters.